The normalized spacial score (nSPS) is 22.6. The summed E-state index contributed by atoms with van der Waals surface area (Å²) in [4.78, 5) is 8.60. The molecule has 2 heterocycles. The summed E-state index contributed by atoms with van der Waals surface area (Å²) in [5, 5.41) is 3.22. The van der Waals surface area contributed by atoms with Gasteiger partial charge in [-0.05, 0) is 27.2 Å². The van der Waals surface area contributed by atoms with Crippen LogP contribution in [0.15, 0.2) is 0 Å². The predicted molar refractivity (Wildman–Crippen MR) is 66.9 cm³/mol. The van der Waals surface area contributed by atoms with Gasteiger partial charge in [0.05, 0.1) is 11.5 Å². The summed E-state index contributed by atoms with van der Waals surface area (Å²) < 4.78 is 22.8. The summed E-state index contributed by atoms with van der Waals surface area (Å²) in [6.45, 7) is 5.71. The molecule has 94 valence electrons. The number of nitrogens with zero attached hydrogens (tertiary/aromatic N) is 2. The molecule has 0 radical (unpaired) electrons. The maximum Gasteiger partial charge on any atom is 0.152 e. The first-order valence-electron chi connectivity index (χ1n) is 5.66. The third-order valence-electron chi connectivity index (χ3n) is 3.07. The van der Waals surface area contributed by atoms with E-state index in [2.05, 4.69) is 15.3 Å². The Labute approximate surface area is 102 Å². The van der Waals surface area contributed by atoms with E-state index in [0.717, 1.165) is 17.1 Å². The molecule has 1 aromatic rings. The van der Waals surface area contributed by atoms with Gasteiger partial charge < -0.3 is 5.32 Å². The zero-order valence-corrected chi connectivity index (χ0v) is 11.1. The lowest BCUT2D eigenvalue weighted by molar-refractivity contribution is 0.602. The molecule has 1 unspecified atom stereocenters. The van der Waals surface area contributed by atoms with E-state index < -0.39 is 9.84 Å². The highest BCUT2D eigenvalue weighted by Crippen LogP contribution is 2.20. The second kappa shape index (κ2) is 4.25. The highest BCUT2D eigenvalue weighted by molar-refractivity contribution is 7.91. The average molecular weight is 255 g/mol. The molecule has 1 fully saturated rings. The van der Waals surface area contributed by atoms with Crippen molar-refractivity contribution in [2.75, 3.05) is 16.8 Å². The quantitative estimate of drug-likeness (QED) is 0.853. The van der Waals surface area contributed by atoms with E-state index in [1.54, 1.807) is 0 Å². The lowest BCUT2D eigenvalue weighted by Crippen LogP contribution is -2.22. The Hall–Kier alpha value is -1.17. The second-order valence-corrected chi connectivity index (χ2v) is 6.80. The zero-order chi connectivity index (χ0) is 12.6. The van der Waals surface area contributed by atoms with Gasteiger partial charge in [0.1, 0.15) is 11.6 Å². The Balaban J connectivity index is 2.20. The maximum absolute atomic E-state index is 11.4. The Morgan fingerprint density at radius 3 is 2.53 bits per heavy atom. The van der Waals surface area contributed by atoms with Gasteiger partial charge in [-0.15, -0.1) is 0 Å². The van der Waals surface area contributed by atoms with Crippen molar-refractivity contribution in [1.82, 2.24) is 9.97 Å². The van der Waals surface area contributed by atoms with Crippen molar-refractivity contribution in [3.05, 3.63) is 17.1 Å². The van der Waals surface area contributed by atoms with Crippen LogP contribution in [0.1, 0.15) is 23.5 Å². The van der Waals surface area contributed by atoms with Crippen molar-refractivity contribution < 1.29 is 8.42 Å². The van der Waals surface area contributed by atoms with E-state index in [-0.39, 0.29) is 17.5 Å². The number of nitrogens with one attached hydrogen (secondary N) is 1. The minimum absolute atomic E-state index is 0.0209. The molecule has 2 rings (SSSR count). The van der Waals surface area contributed by atoms with Gasteiger partial charge in [-0.3, -0.25) is 0 Å². The standard InChI is InChI=1S/C11H17N3O2S/c1-7-8(2)12-9(3)13-11(7)14-10-4-5-17(15,16)6-10/h10H,4-6H2,1-3H3,(H,12,13,14). The third kappa shape index (κ3) is 2.74. The fourth-order valence-electron chi connectivity index (χ4n) is 2.01. The summed E-state index contributed by atoms with van der Waals surface area (Å²) in [5.74, 6) is 1.94. The number of aromatic nitrogens is 2. The molecule has 1 atom stereocenters. The summed E-state index contributed by atoms with van der Waals surface area (Å²) in [5.41, 5.74) is 1.92. The smallest absolute Gasteiger partial charge is 0.152 e. The van der Waals surface area contributed by atoms with E-state index in [1.165, 1.54) is 0 Å². The van der Waals surface area contributed by atoms with Gasteiger partial charge in [-0.1, -0.05) is 0 Å². The van der Waals surface area contributed by atoms with E-state index in [4.69, 9.17) is 0 Å². The third-order valence-corrected chi connectivity index (χ3v) is 4.84. The van der Waals surface area contributed by atoms with Gasteiger partial charge in [-0.25, -0.2) is 18.4 Å². The second-order valence-electron chi connectivity index (χ2n) is 4.57. The van der Waals surface area contributed by atoms with Crippen LogP contribution in [0.2, 0.25) is 0 Å². The van der Waals surface area contributed by atoms with Crippen LogP contribution in [0.3, 0.4) is 0 Å². The van der Waals surface area contributed by atoms with Crippen LogP contribution in [0.4, 0.5) is 5.82 Å². The fraction of sp³-hybridized carbons (Fsp3) is 0.636. The summed E-state index contributed by atoms with van der Waals surface area (Å²) in [6.07, 6.45) is 0.657. The van der Waals surface area contributed by atoms with Crippen LogP contribution < -0.4 is 5.32 Å². The van der Waals surface area contributed by atoms with Crippen molar-refractivity contribution in [2.45, 2.75) is 33.2 Å². The van der Waals surface area contributed by atoms with Gasteiger partial charge >= 0.3 is 0 Å². The Bertz CT molecular complexity index is 540. The molecule has 1 N–H and O–H groups in total. The van der Waals surface area contributed by atoms with E-state index in [0.29, 0.717) is 12.2 Å². The van der Waals surface area contributed by atoms with E-state index in [1.807, 2.05) is 20.8 Å². The number of hydrogen-bond donors (Lipinski definition) is 1. The molecule has 0 amide bonds. The molecular formula is C11H17N3O2S. The molecule has 0 saturated carbocycles. The SMILES string of the molecule is Cc1nc(C)c(C)c(NC2CCS(=O)(=O)C2)n1. The molecular weight excluding hydrogens is 238 g/mol. The molecule has 0 bridgehead atoms. The van der Waals surface area contributed by atoms with Crippen LogP contribution in [0, 0.1) is 20.8 Å². The number of sulfone groups is 1. The summed E-state index contributed by atoms with van der Waals surface area (Å²) in [7, 11) is -2.85. The van der Waals surface area contributed by atoms with E-state index in [9.17, 15) is 8.42 Å². The first-order chi connectivity index (χ1) is 7.87. The van der Waals surface area contributed by atoms with Crippen LogP contribution in [0.5, 0.6) is 0 Å². The van der Waals surface area contributed by atoms with Gasteiger partial charge in [0, 0.05) is 17.3 Å². The van der Waals surface area contributed by atoms with Gasteiger partial charge in [0.2, 0.25) is 0 Å². The first kappa shape index (κ1) is 12.3. The molecule has 1 aliphatic rings. The van der Waals surface area contributed by atoms with Crippen molar-refractivity contribution in [2.24, 2.45) is 0 Å². The van der Waals surface area contributed by atoms with Crippen molar-refractivity contribution >= 4 is 15.7 Å². The highest BCUT2D eigenvalue weighted by atomic mass is 32.2. The Kier molecular flexibility index (Phi) is 3.07. The van der Waals surface area contributed by atoms with Crippen molar-refractivity contribution in [1.29, 1.82) is 0 Å². The number of hydrogen-bond acceptors (Lipinski definition) is 5. The van der Waals surface area contributed by atoms with Crippen LogP contribution in [-0.2, 0) is 9.84 Å². The molecule has 1 saturated heterocycles. The first-order valence-corrected chi connectivity index (χ1v) is 7.48. The molecule has 5 nitrogen and oxygen atoms in total. The number of aryl methyl sites for hydroxylation is 2. The molecule has 0 spiro atoms. The molecule has 0 aliphatic carbocycles. The molecule has 0 aromatic carbocycles. The van der Waals surface area contributed by atoms with Gasteiger partial charge in [0.15, 0.2) is 9.84 Å². The van der Waals surface area contributed by atoms with Crippen LogP contribution >= 0.6 is 0 Å². The largest absolute Gasteiger partial charge is 0.366 e. The zero-order valence-electron chi connectivity index (χ0n) is 10.3. The topological polar surface area (TPSA) is 72.0 Å². The van der Waals surface area contributed by atoms with Crippen molar-refractivity contribution in [3.63, 3.8) is 0 Å². The molecule has 1 aliphatic heterocycles. The monoisotopic (exact) mass is 255 g/mol. The predicted octanol–water partition coefficient (Wildman–Crippen LogP) is 1.00. The highest BCUT2D eigenvalue weighted by Gasteiger charge is 2.28. The van der Waals surface area contributed by atoms with Crippen LogP contribution in [-0.4, -0.2) is 35.9 Å². The molecule has 6 heteroatoms. The minimum Gasteiger partial charge on any atom is -0.366 e. The van der Waals surface area contributed by atoms with E-state index >= 15 is 0 Å². The fourth-order valence-corrected chi connectivity index (χ4v) is 3.68. The summed E-state index contributed by atoms with van der Waals surface area (Å²) >= 11 is 0. The number of anilines is 1. The molecule has 17 heavy (non-hydrogen) atoms. The van der Waals surface area contributed by atoms with Crippen LogP contribution in [0.25, 0.3) is 0 Å². The molecule has 1 aromatic heterocycles. The summed E-state index contributed by atoms with van der Waals surface area (Å²) in [6, 6.07) is -0.0209. The van der Waals surface area contributed by atoms with Gasteiger partial charge in [0.25, 0.3) is 0 Å². The minimum atomic E-state index is -2.85. The number of rotatable bonds is 2. The average Bonchev–Trinajstić information content (AvgIpc) is 2.54. The van der Waals surface area contributed by atoms with Gasteiger partial charge in [-0.2, -0.15) is 0 Å². The lowest BCUT2D eigenvalue weighted by atomic mass is 10.2. The van der Waals surface area contributed by atoms with Crippen molar-refractivity contribution in [3.8, 4) is 0 Å². The maximum atomic E-state index is 11.4. The Morgan fingerprint density at radius 2 is 1.94 bits per heavy atom. The lowest BCUT2D eigenvalue weighted by Gasteiger charge is -2.15. The Morgan fingerprint density at radius 1 is 1.24 bits per heavy atom.